The second-order valence-electron chi connectivity index (χ2n) is 5.32. The normalized spacial score (nSPS) is 21.5. The molecule has 1 saturated heterocycles. The van der Waals surface area contributed by atoms with Gasteiger partial charge in [0, 0.05) is 25.3 Å². The number of hydrogen-bond acceptors (Lipinski definition) is 3. The summed E-state index contributed by atoms with van der Waals surface area (Å²) < 4.78 is 14.1. The van der Waals surface area contributed by atoms with Gasteiger partial charge >= 0.3 is 0 Å². The minimum atomic E-state index is -0.677. The van der Waals surface area contributed by atoms with Gasteiger partial charge in [-0.2, -0.15) is 0 Å². The van der Waals surface area contributed by atoms with Gasteiger partial charge in [0.05, 0.1) is 11.8 Å². The molecule has 1 heterocycles. The Morgan fingerprint density at radius 2 is 2.26 bits per heavy atom. The van der Waals surface area contributed by atoms with Crippen LogP contribution in [0.25, 0.3) is 0 Å². The van der Waals surface area contributed by atoms with Gasteiger partial charge in [-0.1, -0.05) is 12.1 Å². The monoisotopic (exact) mass is 267 g/mol. The van der Waals surface area contributed by atoms with E-state index < -0.39 is 6.10 Å². The molecule has 1 aromatic carbocycles. The van der Waals surface area contributed by atoms with Gasteiger partial charge in [-0.05, 0) is 38.2 Å². The Balaban J connectivity index is 2.25. The Labute approximate surface area is 113 Å². The number of hydrogen-bond donors (Lipinski definition) is 2. The lowest BCUT2D eigenvalue weighted by molar-refractivity contribution is 0.198. The molecule has 3 nitrogen and oxygen atoms in total. The number of nitrogens with zero attached hydrogens (tertiary/aromatic N) is 1. The molecule has 1 fully saturated rings. The summed E-state index contributed by atoms with van der Waals surface area (Å²) in [4.78, 5) is 2.02. The fourth-order valence-corrected chi connectivity index (χ4v) is 2.89. The summed E-state index contributed by atoms with van der Waals surface area (Å²) >= 11 is 0. The molecule has 1 aliphatic rings. The zero-order valence-corrected chi connectivity index (χ0v) is 11.3. The van der Waals surface area contributed by atoms with Crippen LogP contribution in [-0.4, -0.2) is 29.9 Å². The highest BCUT2D eigenvalue weighted by atomic mass is 19.1. The van der Waals surface area contributed by atoms with Gasteiger partial charge < -0.3 is 15.1 Å². The number of anilines is 1. The average Bonchev–Trinajstić information content (AvgIpc) is 2.39. The highest BCUT2D eigenvalue weighted by Gasteiger charge is 2.24. The first-order chi connectivity index (χ1) is 9.13. The number of aliphatic hydroxyl groups excluding tert-OH is 2. The lowest BCUT2D eigenvalue weighted by Crippen LogP contribution is -2.37. The number of halogens is 1. The Morgan fingerprint density at radius 1 is 1.47 bits per heavy atom. The van der Waals surface area contributed by atoms with E-state index in [1.54, 1.807) is 19.1 Å². The molecule has 0 aromatic heterocycles. The topological polar surface area (TPSA) is 43.7 Å². The van der Waals surface area contributed by atoms with Crippen molar-refractivity contribution in [2.45, 2.75) is 32.3 Å². The quantitative estimate of drug-likeness (QED) is 0.881. The van der Waals surface area contributed by atoms with Crippen molar-refractivity contribution in [3.8, 4) is 0 Å². The Kier molecular flexibility index (Phi) is 4.77. The Bertz CT molecular complexity index is 421. The fraction of sp³-hybridized carbons (Fsp3) is 0.600. The van der Waals surface area contributed by atoms with E-state index in [4.69, 9.17) is 5.11 Å². The smallest absolute Gasteiger partial charge is 0.146 e. The van der Waals surface area contributed by atoms with Gasteiger partial charge in [0.15, 0.2) is 0 Å². The van der Waals surface area contributed by atoms with Gasteiger partial charge in [-0.3, -0.25) is 0 Å². The van der Waals surface area contributed by atoms with Crippen LogP contribution in [0, 0.1) is 11.7 Å². The molecular weight excluding hydrogens is 245 g/mol. The van der Waals surface area contributed by atoms with Gasteiger partial charge in [-0.25, -0.2) is 4.39 Å². The molecule has 0 spiro atoms. The molecule has 0 saturated carbocycles. The third-order valence-electron chi connectivity index (χ3n) is 3.84. The van der Waals surface area contributed by atoms with E-state index in [0.717, 1.165) is 32.4 Å². The summed E-state index contributed by atoms with van der Waals surface area (Å²) in [7, 11) is 0. The van der Waals surface area contributed by atoms with Crippen LogP contribution in [0.3, 0.4) is 0 Å². The van der Waals surface area contributed by atoms with E-state index in [2.05, 4.69) is 0 Å². The molecule has 0 amide bonds. The van der Waals surface area contributed by atoms with Crippen molar-refractivity contribution in [2.24, 2.45) is 5.92 Å². The van der Waals surface area contributed by atoms with Crippen molar-refractivity contribution in [1.29, 1.82) is 0 Å². The Hall–Kier alpha value is -1.13. The maximum Gasteiger partial charge on any atom is 0.146 e. The largest absolute Gasteiger partial charge is 0.396 e. The predicted octanol–water partition coefficient (Wildman–Crippen LogP) is 2.48. The third kappa shape index (κ3) is 3.25. The second-order valence-corrected chi connectivity index (χ2v) is 5.32. The van der Waals surface area contributed by atoms with Gasteiger partial charge in [0.25, 0.3) is 0 Å². The summed E-state index contributed by atoms with van der Waals surface area (Å²) in [6, 6.07) is 4.85. The van der Waals surface area contributed by atoms with Crippen molar-refractivity contribution in [2.75, 3.05) is 24.6 Å². The number of aliphatic hydroxyl groups is 2. The van der Waals surface area contributed by atoms with Crippen LogP contribution in [0.1, 0.15) is 37.9 Å². The van der Waals surface area contributed by atoms with Crippen LogP contribution < -0.4 is 4.90 Å². The summed E-state index contributed by atoms with van der Waals surface area (Å²) in [5, 5.41) is 18.8. The molecule has 2 rings (SSSR count). The maximum atomic E-state index is 14.1. The molecule has 1 aromatic rings. The van der Waals surface area contributed by atoms with Crippen molar-refractivity contribution in [1.82, 2.24) is 0 Å². The standard InChI is InChI=1S/C15H22FNO2/c1-11(19)13-5-2-6-14(16)15(13)17-8-3-4-12(10-17)7-9-18/h2,5-6,11-12,18-19H,3-4,7-10H2,1H3. The first kappa shape index (κ1) is 14.3. The molecule has 0 radical (unpaired) electrons. The molecule has 0 bridgehead atoms. The molecule has 4 heteroatoms. The zero-order chi connectivity index (χ0) is 13.8. The van der Waals surface area contributed by atoms with Crippen LogP contribution >= 0.6 is 0 Å². The molecule has 2 N–H and O–H groups in total. The van der Waals surface area contributed by atoms with E-state index in [-0.39, 0.29) is 12.4 Å². The molecule has 0 aliphatic carbocycles. The van der Waals surface area contributed by atoms with E-state index in [1.807, 2.05) is 4.90 Å². The first-order valence-corrected chi connectivity index (χ1v) is 6.95. The molecule has 106 valence electrons. The lowest BCUT2D eigenvalue weighted by Gasteiger charge is -2.36. The van der Waals surface area contributed by atoms with Crippen LogP contribution in [0.2, 0.25) is 0 Å². The van der Waals surface area contributed by atoms with Crippen molar-refractivity contribution in [3.63, 3.8) is 0 Å². The number of rotatable bonds is 4. The molecule has 19 heavy (non-hydrogen) atoms. The minimum Gasteiger partial charge on any atom is -0.396 e. The van der Waals surface area contributed by atoms with Crippen molar-refractivity contribution >= 4 is 5.69 Å². The summed E-state index contributed by atoms with van der Waals surface area (Å²) in [5.74, 6) is 0.128. The molecular formula is C15H22FNO2. The van der Waals surface area contributed by atoms with Crippen LogP contribution in [0.15, 0.2) is 18.2 Å². The Morgan fingerprint density at radius 3 is 2.95 bits per heavy atom. The maximum absolute atomic E-state index is 14.1. The van der Waals surface area contributed by atoms with Crippen molar-refractivity contribution in [3.05, 3.63) is 29.6 Å². The van der Waals surface area contributed by atoms with E-state index in [9.17, 15) is 9.50 Å². The molecule has 1 aliphatic heterocycles. The second kappa shape index (κ2) is 6.35. The first-order valence-electron chi connectivity index (χ1n) is 6.95. The van der Waals surface area contributed by atoms with Crippen LogP contribution in [0.5, 0.6) is 0 Å². The highest BCUT2D eigenvalue weighted by Crippen LogP contribution is 2.33. The highest BCUT2D eigenvalue weighted by molar-refractivity contribution is 5.56. The van der Waals surface area contributed by atoms with Crippen molar-refractivity contribution < 1.29 is 14.6 Å². The van der Waals surface area contributed by atoms with Crippen LogP contribution in [-0.2, 0) is 0 Å². The SMILES string of the molecule is CC(O)c1cccc(F)c1N1CCCC(CCO)C1. The van der Waals surface area contributed by atoms with E-state index in [1.165, 1.54) is 6.07 Å². The van der Waals surface area contributed by atoms with Gasteiger partial charge in [0.1, 0.15) is 5.82 Å². The number of piperidine rings is 1. The summed E-state index contributed by atoms with van der Waals surface area (Å²) in [6.45, 7) is 3.40. The van der Waals surface area contributed by atoms with Gasteiger partial charge in [0.2, 0.25) is 0 Å². The van der Waals surface area contributed by atoms with Gasteiger partial charge in [-0.15, -0.1) is 0 Å². The lowest BCUT2D eigenvalue weighted by atomic mass is 9.93. The predicted molar refractivity (Wildman–Crippen MR) is 73.7 cm³/mol. The molecule has 2 unspecified atom stereocenters. The molecule has 2 atom stereocenters. The number of para-hydroxylation sites is 1. The number of benzene rings is 1. The van der Waals surface area contributed by atoms with E-state index in [0.29, 0.717) is 17.2 Å². The van der Waals surface area contributed by atoms with Crippen LogP contribution in [0.4, 0.5) is 10.1 Å². The fourth-order valence-electron chi connectivity index (χ4n) is 2.89. The summed E-state index contributed by atoms with van der Waals surface area (Å²) in [6.07, 6.45) is 2.16. The summed E-state index contributed by atoms with van der Waals surface area (Å²) in [5.41, 5.74) is 1.17. The third-order valence-corrected chi connectivity index (χ3v) is 3.84. The minimum absolute atomic E-state index is 0.180. The average molecular weight is 267 g/mol. The zero-order valence-electron chi connectivity index (χ0n) is 11.3. The van der Waals surface area contributed by atoms with E-state index >= 15 is 0 Å².